The van der Waals surface area contributed by atoms with E-state index in [-0.39, 0.29) is 22.8 Å². The number of aliphatic hydroxyl groups is 1. The highest BCUT2D eigenvalue weighted by molar-refractivity contribution is 7.86. The summed E-state index contributed by atoms with van der Waals surface area (Å²) in [4.78, 5) is 4.29. The van der Waals surface area contributed by atoms with E-state index < -0.39 is 33.6 Å². The fraction of sp³-hybridized carbons (Fsp3) is 0.194. The number of imidazole rings is 1. The van der Waals surface area contributed by atoms with Gasteiger partial charge < -0.3 is 9.67 Å². The standard InChI is InChI=1S/C31H27F3N2O4S/c1-3-36-27-20-22(28(31(32,33)34)40-41(38,39)25-17-14-21(2)15-18-25)16-19-26(27)35-29(36)30(37,23-10-6-4-7-11-23)24-12-8-5-9-13-24/h4-20,28,37H,3H2,1-2H3. The number of aromatic nitrogens is 2. The Hall–Kier alpha value is -3.99. The number of benzene rings is 4. The van der Waals surface area contributed by atoms with Gasteiger partial charge in [0.15, 0.2) is 17.5 Å². The summed E-state index contributed by atoms with van der Waals surface area (Å²) in [5.41, 5.74) is 0.274. The topological polar surface area (TPSA) is 81.4 Å². The van der Waals surface area contributed by atoms with Crippen LogP contribution in [0.4, 0.5) is 13.2 Å². The van der Waals surface area contributed by atoms with Crippen LogP contribution in [0.1, 0.15) is 41.1 Å². The van der Waals surface area contributed by atoms with E-state index in [1.54, 1.807) is 66.9 Å². The summed E-state index contributed by atoms with van der Waals surface area (Å²) in [6, 6.07) is 26.8. The number of fused-ring (bicyclic) bond motifs is 1. The smallest absolute Gasteiger partial charge is 0.373 e. The lowest BCUT2D eigenvalue weighted by Crippen LogP contribution is -2.32. The number of nitrogens with zero attached hydrogens (tertiary/aromatic N) is 2. The van der Waals surface area contributed by atoms with Crippen molar-refractivity contribution in [2.75, 3.05) is 0 Å². The van der Waals surface area contributed by atoms with Gasteiger partial charge in [0.25, 0.3) is 10.1 Å². The molecule has 0 bridgehead atoms. The summed E-state index contributed by atoms with van der Waals surface area (Å²) in [7, 11) is -4.75. The first-order valence-corrected chi connectivity index (χ1v) is 14.3. The van der Waals surface area contributed by atoms with E-state index in [2.05, 4.69) is 4.98 Å². The maximum atomic E-state index is 14.3. The average molecular weight is 581 g/mol. The van der Waals surface area contributed by atoms with Gasteiger partial charge >= 0.3 is 6.18 Å². The highest BCUT2D eigenvalue weighted by Gasteiger charge is 2.46. The van der Waals surface area contributed by atoms with E-state index >= 15 is 0 Å². The van der Waals surface area contributed by atoms with Gasteiger partial charge in [-0.1, -0.05) is 84.4 Å². The third-order valence-electron chi connectivity index (χ3n) is 6.93. The van der Waals surface area contributed by atoms with Gasteiger partial charge in [0.2, 0.25) is 0 Å². The lowest BCUT2D eigenvalue weighted by Gasteiger charge is -2.29. The minimum absolute atomic E-state index is 0.210. The monoisotopic (exact) mass is 580 g/mol. The minimum Gasteiger partial charge on any atom is -0.373 e. The zero-order valence-electron chi connectivity index (χ0n) is 22.2. The molecule has 1 unspecified atom stereocenters. The largest absolute Gasteiger partial charge is 0.420 e. The fourth-order valence-electron chi connectivity index (χ4n) is 4.87. The Morgan fingerprint density at radius 1 is 0.878 bits per heavy atom. The van der Waals surface area contributed by atoms with Gasteiger partial charge in [0, 0.05) is 6.54 Å². The molecule has 5 aromatic rings. The Bertz CT molecular complexity index is 1730. The normalized spacial score (nSPS) is 13.4. The van der Waals surface area contributed by atoms with Crippen LogP contribution in [-0.4, -0.2) is 29.3 Å². The Balaban J connectivity index is 1.66. The number of hydrogen-bond acceptors (Lipinski definition) is 5. The van der Waals surface area contributed by atoms with Crippen molar-refractivity contribution in [1.82, 2.24) is 9.55 Å². The maximum Gasteiger partial charge on any atom is 0.420 e. The van der Waals surface area contributed by atoms with Gasteiger partial charge in [-0.3, -0.25) is 0 Å². The van der Waals surface area contributed by atoms with Gasteiger partial charge in [0.05, 0.1) is 15.9 Å². The molecule has 0 spiro atoms. The van der Waals surface area contributed by atoms with Crippen molar-refractivity contribution >= 4 is 21.2 Å². The highest BCUT2D eigenvalue weighted by Crippen LogP contribution is 2.41. The Morgan fingerprint density at radius 2 is 1.44 bits per heavy atom. The van der Waals surface area contributed by atoms with E-state index in [0.717, 1.165) is 11.6 Å². The van der Waals surface area contributed by atoms with Crippen molar-refractivity contribution in [3.63, 3.8) is 0 Å². The summed E-state index contributed by atoms with van der Waals surface area (Å²) in [6.07, 6.45) is -7.80. The first kappa shape index (κ1) is 28.5. The predicted molar refractivity (Wildman–Crippen MR) is 149 cm³/mol. The first-order chi connectivity index (χ1) is 19.4. The molecule has 0 aliphatic heterocycles. The maximum absolute atomic E-state index is 14.3. The molecule has 0 saturated heterocycles. The molecule has 1 atom stereocenters. The van der Waals surface area contributed by atoms with Crippen LogP contribution in [-0.2, 0) is 26.4 Å². The molecule has 0 aliphatic carbocycles. The lowest BCUT2D eigenvalue weighted by atomic mass is 9.85. The van der Waals surface area contributed by atoms with Crippen LogP contribution in [0.15, 0.2) is 108 Å². The van der Waals surface area contributed by atoms with Crippen molar-refractivity contribution in [3.8, 4) is 0 Å². The van der Waals surface area contributed by atoms with Crippen molar-refractivity contribution < 1.29 is 30.9 Å². The molecule has 0 aliphatic rings. The second-order valence-electron chi connectivity index (χ2n) is 9.66. The zero-order valence-corrected chi connectivity index (χ0v) is 23.0. The third-order valence-corrected chi connectivity index (χ3v) is 8.22. The van der Waals surface area contributed by atoms with Crippen LogP contribution in [0.2, 0.25) is 0 Å². The van der Waals surface area contributed by atoms with E-state index in [4.69, 9.17) is 4.18 Å². The van der Waals surface area contributed by atoms with Crippen LogP contribution in [0, 0.1) is 6.92 Å². The van der Waals surface area contributed by atoms with Gasteiger partial charge in [-0.15, -0.1) is 0 Å². The average Bonchev–Trinajstić information content (AvgIpc) is 3.34. The molecule has 0 fully saturated rings. The van der Waals surface area contributed by atoms with Crippen molar-refractivity contribution in [2.45, 2.75) is 43.2 Å². The fourth-order valence-corrected chi connectivity index (χ4v) is 5.92. The second kappa shape index (κ2) is 10.8. The number of alkyl halides is 3. The molecule has 10 heteroatoms. The van der Waals surface area contributed by atoms with E-state index in [9.17, 15) is 26.7 Å². The van der Waals surface area contributed by atoms with Gasteiger partial charge in [-0.25, -0.2) is 9.17 Å². The Morgan fingerprint density at radius 3 is 1.95 bits per heavy atom. The molecular formula is C31H27F3N2O4S. The Kier molecular flexibility index (Phi) is 7.50. The van der Waals surface area contributed by atoms with Crippen LogP contribution in [0.3, 0.4) is 0 Å². The van der Waals surface area contributed by atoms with Crippen LogP contribution in [0.25, 0.3) is 11.0 Å². The molecule has 1 N–H and O–H groups in total. The number of halogens is 3. The molecule has 212 valence electrons. The van der Waals surface area contributed by atoms with Crippen LogP contribution in [0.5, 0.6) is 0 Å². The predicted octanol–water partition coefficient (Wildman–Crippen LogP) is 6.66. The van der Waals surface area contributed by atoms with Crippen LogP contribution >= 0.6 is 0 Å². The molecule has 0 amide bonds. The molecule has 0 saturated carbocycles. The molecule has 6 nitrogen and oxygen atoms in total. The summed E-state index contributed by atoms with van der Waals surface area (Å²) < 4.78 is 75.0. The number of rotatable bonds is 8. The number of hydrogen-bond donors (Lipinski definition) is 1. The minimum atomic E-state index is -5.04. The van der Waals surface area contributed by atoms with E-state index in [0.29, 0.717) is 16.6 Å². The molecule has 0 radical (unpaired) electrons. The second-order valence-corrected chi connectivity index (χ2v) is 11.2. The quantitative estimate of drug-likeness (QED) is 0.208. The van der Waals surface area contributed by atoms with Crippen molar-refractivity contribution in [1.29, 1.82) is 0 Å². The molecule has 1 aromatic heterocycles. The lowest BCUT2D eigenvalue weighted by molar-refractivity contribution is -0.196. The van der Waals surface area contributed by atoms with E-state index in [1.807, 2.05) is 12.1 Å². The molecule has 4 aromatic carbocycles. The Labute approximate surface area is 235 Å². The van der Waals surface area contributed by atoms with Crippen molar-refractivity contribution in [2.24, 2.45) is 0 Å². The molecule has 41 heavy (non-hydrogen) atoms. The molecule has 5 rings (SSSR count). The SMILES string of the molecule is CCn1c(C(O)(c2ccccc2)c2ccccc2)nc2ccc(C(OS(=O)(=O)c3ccc(C)cc3)C(F)(F)F)cc21. The van der Waals surface area contributed by atoms with Gasteiger partial charge in [-0.2, -0.15) is 21.6 Å². The van der Waals surface area contributed by atoms with Gasteiger partial charge in [0.1, 0.15) is 0 Å². The summed E-state index contributed by atoms with van der Waals surface area (Å²) in [6.45, 7) is 3.77. The summed E-state index contributed by atoms with van der Waals surface area (Å²) in [5, 5.41) is 12.3. The number of aryl methyl sites for hydroxylation is 2. The van der Waals surface area contributed by atoms with Crippen LogP contribution < -0.4 is 0 Å². The van der Waals surface area contributed by atoms with Gasteiger partial charge in [-0.05, 0) is 54.8 Å². The van der Waals surface area contributed by atoms with E-state index in [1.165, 1.54) is 36.4 Å². The first-order valence-electron chi connectivity index (χ1n) is 12.9. The molecular weight excluding hydrogens is 553 g/mol. The highest BCUT2D eigenvalue weighted by atomic mass is 32.2. The zero-order chi connectivity index (χ0) is 29.4. The molecule has 1 heterocycles. The third kappa shape index (κ3) is 5.38. The summed E-state index contributed by atoms with van der Waals surface area (Å²) >= 11 is 0. The van der Waals surface area contributed by atoms with Crippen molar-refractivity contribution in [3.05, 3.63) is 131 Å². The summed E-state index contributed by atoms with van der Waals surface area (Å²) in [5.74, 6) is 0.210.